The van der Waals surface area contributed by atoms with Crippen molar-refractivity contribution in [2.24, 2.45) is 17.0 Å². The predicted octanol–water partition coefficient (Wildman–Crippen LogP) is -0.718. The number of nitrogens with one attached hydrogen (secondary N) is 1. The lowest BCUT2D eigenvalue weighted by molar-refractivity contribution is -0.141. The van der Waals surface area contributed by atoms with Crippen molar-refractivity contribution < 1.29 is 23.1 Å². The Morgan fingerprint density at radius 3 is 2.39 bits per heavy atom. The fourth-order valence-corrected chi connectivity index (χ4v) is 2.62. The summed E-state index contributed by atoms with van der Waals surface area (Å²) in [6.45, 7) is 0.240. The molecule has 0 heterocycles. The van der Waals surface area contributed by atoms with Crippen LogP contribution in [0.4, 0.5) is 0 Å². The molecule has 1 aliphatic carbocycles. The van der Waals surface area contributed by atoms with Gasteiger partial charge in [-0.15, -0.1) is 0 Å². The molecule has 0 aromatic rings. The van der Waals surface area contributed by atoms with Gasteiger partial charge in [0.2, 0.25) is 15.9 Å². The van der Waals surface area contributed by atoms with Gasteiger partial charge >= 0.3 is 5.97 Å². The van der Waals surface area contributed by atoms with E-state index in [9.17, 15) is 18.0 Å². The fourth-order valence-electron chi connectivity index (χ4n) is 2.07. The van der Waals surface area contributed by atoms with E-state index in [0.717, 1.165) is 0 Å². The summed E-state index contributed by atoms with van der Waals surface area (Å²) >= 11 is 0. The largest absolute Gasteiger partial charge is 0.481 e. The number of carbonyl (C=O) groups is 2. The molecule has 4 N–H and O–H groups in total. The van der Waals surface area contributed by atoms with Crippen LogP contribution in [0.1, 0.15) is 25.7 Å². The van der Waals surface area contributed by atoms with Crippen molar-refractivity contribution in [2.75, 3.05) is 12.3 Å². The van der Waals surface area contributed by atoms with E-state index in [1.165, 1.54) is 0 Å². The van der Waals surface area contributed by atoms with Gasteiger partial charge in [-0.25, -0.2) is 13.6 Å². The lowest BCUT2D eigenvalue weighted by Crippen LogP contribution is -2.32. The SMILES string of the molecule is NS(=O)(=O)CCCNC(=O)C1CCC(C(=O)O)C1. The molecular weight excluding hydrogens is 260 g/mol. The molecule has 7 nitrogen and oxygen atoms in total. The zero-order chi connectivity index (χ0) is 13.8. The molecule has 0 aromatic heterocycles. The molecule has 0 radical (unpaired) electrons. The number of amides is 1. The number of hydrogen-bond donors (Lipinski definition) is 3. The average Bonchev–Trinajstić information content (AvgIpc) is 2.72. The molecule has 0 aliphatic heterocycles. The van der Waals surface area contributed by atoms with Gasteiger partial charge in [-0.05, 0) is 25.7 Å². The Kier molecular flexibility index (Phi) is 5.09. The maximum atomic E-state index is 11.7. The number of carboxylic acids is 1. The van der Waals surface area contributed by atoms with E-state index >= 15 is 0 Å². The first-order valence-corrected chi connectivity index (χ1v) is 7.52. The molecule has 1 rings (SSSR count). The molecule has 1 amide bonds. The zero-order valence-electron chi connectivity index (χ0n) is 9.96. The highest BCUT2D eigenvalue weighted by atomic mass is 32.2. The van der Waals surface area contributed by atoms with Crippen LogP contribution < -0.4 is 10.5 Å². The van der Waals surface area contributed by atoms with Crippen LogP contribution in [0.15, 0.2) is 0 Å². The molecule has 0 aromatic carbocycles. The summed E-state index contributed by atoms with van der Waals surface area (Å²) in [5.74, 6) is -1.95. The van der Waals surface area contributed by atoms with E-state index in [1.54, 1.807) is 0 Å². The number of carbonyl (C=O) groups excluding carboxylic acids is 1. The highest BCUT2D eigenvalue weighted by Crippen LogP contribution is 2.30. The Balaban J connectivity index is 2.24. The lowest BCUT2D eigenvalue weighted by Gasteiger charge is -2.10. The summed E-state index contributed by atoms with van der Waals surface area (Å²) in [6.07, 6.45) is 1.71. The van der Waals surface area contributed by atoms with E-state index in [2.05, 4.69) is 5.32 Å². The van der Waals surface area contributed by atoms with Gasteiger partial charge in [0.05, 0.1) is 11.7 Å². The van der Waals surface area contributed by atoms with Crippen LogP contribution >= 0.6 is 0 Å². The molecule has 2 unspecified atom stereocenters. The van der Waals surface area contributed by atoms with E-state index in [1.807, 2.05) is 0 Å². The minimum Gasteiger partial charge on any atom is -0.481 e. The summed E-state index contributed by atoms with van der Waals surface area (Å²) in [6, 6.07) is 0. The van der Waals surface area contributed by atoms with Crippen LogP contribution in [-0.4, -0.2) is 37.7 Å². The van der Waals surface area contributed by atoms with Crippen LogP contribution in [0, 0.1) is 11.8 Å². The van der Waals surface area contributed by atoms with E-state index in [0.29, 0.717) is 19.3 Å². The third-order valence-electron chi connectivity index (χ3n) is 3.06. The van der Waals surface area contributed by atoms with Crippen LogP contribution in [0.2, 0.25) is 0 Å². The van der Waals surface area contributed by atoms with Crippen LogP contribution in [0.3, 0.4) is 0 Å². The van der Waals surface area contributed by atoms with Gasteiger partial charge in [0.15, 0.2) is 0 Å². The van der Waals surface area contributed by atoms with Crippen molar-refractivity contribution in [3.05, 3.63) is 0 Å². The van der Waals surface area contributed by atoms with Crippen LogP contribution in [0.25, 0.3) is 0 Å². The molecule has 0 saturated heterocycles. The average molecular weight is 278 g/mol. The summed E-state index contributed by atoms with van der Waals surface area (Å²) in [7, 11) is -3.49. The van der Waals surface area contributed by atoms with Gasteiger partial charge in [-0.3, -0.25) is 9.59 Å². The van der Waals surface area contributed by atoms with Crippen molar-refractivity contribution >= 4 is 21.9 Å². The topological polar surface area (TPSA) is 127 Å². The molecule has 1 saturated carbocycles. The number of nitrogens with two attached hydrogens (primary N) is 1. The standard InChI is InChI=1S/C10H18N2O5S/c11-18(16,17)5-1-4-12-9(13)7-2-3-8(6-7)10(14)15/h7-8H,1-6H2,(H,12,13)(H,14,15)(H2,11,16,17). The zero-order valence-corrected chi connectivity index (χ0v) is 10.8. The Morgan fingerprint density at radius 1 is 1.28 bits per heavy atom. The molecule has 8 heteroatoms. The first-order valence-electron chi connectivity index (χ1n) is 5.80. The molecule has 0 spiro atoms. The molecule has 0 bridgehead atoms. The Bertz CT molecular complexity index is 420. The minimum absolute atomic E-state index is 0.171. The highest BCUT2D eigenvalue weighted by molar-refractivity contribution is 7.89. The summed E-state index contributed by atoms with van der Waals surface area (Å²) in [4.78, 5) is 22.4. The molecule has 2 atom stereocenters. The third kappa shape index (κ3) is 5.01. The van der Waals surface area contributed by atoms with Crippen molar-refractivity contribution in [1.29, 1.82) is 0 Å². The van der Waals surface area contributed by atoms with Crippen molar-refractivity contribution in [1.82, 2.24) is 5.32 Å². The van der Waals surface area contributed by atoms with Crippen LogP contribution in [0.5, 0.6) is 0 Å². The molecule has 18 heavy (non-hydrogen) atoms. The fraction of sp³-hybridized carbons (Fsp3) is 0.800. The normalized spacial score (nSPS) is 23.8. The smallest absolute Gasteiger partial charge is 0.306 e. The van der Waals surface area contributed by atoms with Gasteiger partial charge in [0.1, 0.15) is 0 Å². The number of rotatable bonds is 6. The molecular formula is C10H18N2O5S. The number of aliphatic carboxylic acids is 1. The van der Waals surface area contributed by atoms with Gasteiger partial charge in [0, 0.05) is 12.5 Å². The van der Waals surface area contributed by atoms with Crippen molar-refractivity contribution in [2.45, 2.75) is 25.7 Å². The quantitative estimate of drug-likeness (QED) is 0.553. The van der Waals surface area contributed by atoms with Gasteiger partial charge < -0.3 is 10.4 Å². The summed E-state index contributed by atoms with van der Waals surface area (Å²) in [5.41, 5.74) is 0. The van der Waals surface area contributed by atoms with Gasteiger partial charge in [0.25, 0.3) is 0 Å². The minimum atomic E-state index is -3.49. The number of carboxylic acid groups (broad SMARTS) is 1. The number of primary sulfonamides is 1. The molecule has 1 aliphatic rings. The van der Waals surface area contributed by atoms with Gasteiger partial charge in [-0.2, -0.15) is 0 Å². The van der Waals surface area contributed by atoms with E-state index in [4.69, 9.17) is 10.2 Å². The summed E-state index contributed by atoms with van der Waals surface area (Å²) < 4.78 is 21.3. The second-order valence-electron chi connectivity index (χ2n) is 4.56. The van der Waals surface area contributed by atoms with E-state index in [-0.39, 0.29) is 30.5 Å². The van der Waals surface area contributed by atoms with E-state index < -0.39 is 21.9 Å². The van der Waals surface area contributed by atoms with Crippen LogP contribution in [-0.2, 0) is 19.6 Å². The maximum absolute atomic E-state index is 11.7. The molecule has 1 fully saturated rings. The maximum Gasteiger partial charge on any atom is 0.306 e. The van der Waals surface area contributed by atoms with Gasteiger partial charge in [-0.1, -0.05) is 0 Å². The van der Waals surface area contributed by atoms with Crippen molar-refractivity contribution in [3.8, 4) is 0 Å². The lowest BCUT2D eigenvalue weighted by atomic mass is 10.0. The van der Waals surface area contributed by atoms with Crippen molar-refractivity contribution in [3.63, 3.8) is 0 Å². The molecule has 104 valence electrons. The number of sulfonamides is 1. The Morgan fingerprint density at radius 2 is 1.89 bits per heavy atom. The summed E-state index contributed by atoms with van der Waals surface area (Å²) in [5, 5.41) is 16.2. The first-order chi connectivity index (χ1) is 8.29. The Hall–Kier alpha value is -1.15. The third-order valence-corrected chi connectivity index (χ3v) is 3.92. The number of hydrogen-bond acceptors (Lipinski definition) is 4. The second kappa shape index (κ2) is 6.14. The first kappa shape index (κ1) is 14.9. The highest BCUT2D eigenvalue weighted by Gasteiger charge is 2.33. The monoisotopic (exact) mass is 278 g/mol. The predicted molar refractivity (Wildman–Crippen MR) is 64.1 cm³/mol. The Labute approximate surface area is 106 Å². The second-order valence-corrected chi connectivity index (χ2v) is 6.29.